The Morgan fingerprint density at radius 2 is 1.87 bits per heavy atom. The predicted octanol–water partition coefficient (Wildman–Crippen LogP) is 0.477. The zero-order valence-electron chi connectivity index (χ0n) is 7.71. The lowest BCUT2D eigenvalue weighted by Gasteiger charge is -2.01. The molecule has 1 heterocycles. The fourth-order valence-electron chi connectivity index (χ4n) is 1.23. The van der Waals surface area contributed by atoms with Gasteiger partial charge in [-0.2, -0.15) is 0 Å². The van der Waals surface area contributed by atoms with Crippen LogP contribution < -0.4 is 5.32 Å². The van der Waals surface area contributed by atoms with Gasteiger partial charge in [0.05, 0.1) is 0 Å². The van der Waals surface area contributed by atoms with Gasteiger partial charge in [-0.1, -0.05) is 18.2 Å². The number of carboxylic acids is 1. The molecule has 1 amide bonds. The maximum absolute atomic E-state index is 11.4. The SMILES string of the molecule is O=C(O)[C@H]1O[C@H]1C(=O)Nc1ccccc1. The lowest BCUT2D eigenvalue weighted by molar-refractivity contribution is -0.138. The first-order valence-electron chi connectivity index (χ1n) is 4.42. The summed E-state index contributed by atoms with van der Waals surface area (Å²) in [5.41, 5.74) is 0.627. The molecule has 0 aromatic heterocycles. The van der Waals surface area contributed by atoms with Crippen molar-refractivity contribution in [2.75, 3.05) is 5.32 Å². The van der Waals surface area contributed by atoms with Crippen LogP contribution in [0, 0.1) is 0 Å². The summed E-state index contributed by atoms with van der Waals surface area (Å²) in [6.07, 6.45) is -1.85. The van der Waals surface area contributed by atoms with Crippen LogP contribution in [0.5, 0.6) is 0 Å². The minimum atomic E-state index is -1.11. The summed E-state index contributed by atoms with van der Waals surface area (Å²) >= 11 is 0. The van der Waals surface area contributed by atoms with E-state index >= 15 is 0 Å². The van der Waals surface area contributed by atoms with E-state index in [-0.39, 0.29) is 0 Å². The lowest BCUT2D eigenvalue weighted by Crippen LogP contribution is -2.22. The molecule has 78 valence electrons. The van der Waals surface area contributed by atoms with E-state index < -0.39 is 24.1 Å². The molecule has 0 radical (unpaired) electrons. The highest BCUT2D eigenvalue weighted by Gasteiger charge is 2.50. The van der Waals surface area contributed by atoms with Gasteiger partial charge in [0.2, 0.25) is 0 Å². The van der Waals surface area contributed by atoms with Crippen LogP contribution in [0.15, 0.2) is 30.3 Å². The molecule has 1 aliphatic heterocycles. The fraction of sp³-hybridized carbons (Fsp3) is 0.200. The van der Waals surface area contributed by atoms with Crippen LogP contribution in [0.1, 0.15) is 0 Å². The van der Waals surface area contributed by atoms with E-state index in [0.29, 0.717) is 5.69 Å². The largest absolute Gasteiger partial charge is 0.479 e. The minimum Gasteiger partial charge on any atom is -0.479 e. The standard InChI is InChI=1S/C10H9NO4/c12-9(7-8(15-7)10(13)14)11-6-4-2-1-3-5-6/h1-5,7-8H,(H,11,12)(H,13,14)/t7-,8+/m1/s1. The van der Waals surface area contributed by atoms with Crippen LogP contribution in [0.2, 0.25) is 0 Å². The van der Waals surface area contributed by atoms with Gasteiger partial charge in [0.25, 0.3) is 5.91 Å². The molecule has 0 bridgehead atoms. The molecule has 0 unspecified atom stereocenters. The van der Waals surface area contributed by atoms with E-state index in [9.17, 15) is 9.59 Å². The van der Waals surface area contributed by atoms with Crippen molar-refractivity contribution in [1.82, 2.24) is 0 Å². The lowest BCUT2D eigenvalue weighted by atomic mass is 10.2. The predicted molar refractivity (Wildman–Crippen MR) is 51.4 cm³/mol. The number of carboxylic acid groups (broad SMARTS) is 1. The zero-order valence-corrected chi connectivity index (χ0v) is 7.71. The summed E-state index contributed by atoms with van der Waals surface area (Å²) in [6.45, 7) is 0. The number of benzene rings is 1. The third-order valence-corrected chi connectivity index (χ3v) is 2.03. The topological polar surface area (TPSA) is 78.9 Å². The maximum Gasteiger partial charge on any atom is 0.336 e. The van der Waals surface area contributed by atoms with Gasteiger partial charge in [-0.25, -0.2) is 4.79 Å². The maximum atomic E-state index is 11.4. The van der Waals surface area contributed by atoms with E-state index in [4.69, 9.17) is 9.84 Å². The smallest absolute Gasteiger partial charge is 0.336 e. The first-order chi connectivity index (χ1) is 7.18. The fourth-order valence-corrected chi connectivity index (χ4v) is 1.23. The summed E-state index contributed by atoms with van der Waals surface area (Å²) in [7, 11) is 0. The van der Waals surface area contributed by atoms with Gasteiger partial charge < -0.3 is 15.2 Å². The van der Waals surface area contributed by atoms with Gasteiger partial charge in [0.1, 0.15) is 0 Å². The van der Waals surface area contributed by atoms with Crippen molar-refractivity contribution >= 4 is 17.6 Å². The van der Waals surface area contributed by atoms with Crippen LogP contribution in [0.25, 0.3) is 0 Å². The molecule has 2 rings (SSSR count). The van der Waals surface area contributed by atoms with E-state index in [0.717, 1.165) is 0 Å². The highest BCUT2D eigenvalue weighted by molar-refractivity contribution is 6.00. The van der Waals surface area contributed by atoms with Crippen molar-refractivity contribution in [1.29, 1.82) is 0 Å². The van der Waals surface area contributed by atoms with Gasteiger partial charge >= 0.3 is 5.97 Å². The van der Waals surface area contributed by atoms with Crippen molar-refractivity contribution in [3.63, 3.8) is 0 Å². The average molecular weight is 207 g/mol. The van der Waals surface area contributed by atoms with E-state index in [1.54, 1.807) is 24.3 Å². The van der Waals surface area contributed by atoms with Gasteiger partial charge in [-0.3, -0.25) is 4.79 Å². The summed E-state index contributed by atoms with van der Waals surface area (Å²) < 4.78 is 4.70. The second-order valence-electron chi connectivity index (χ2n) is 3.17. The molecule has 5 heteroatoms. The molecule has 0 spiro atoms. The van der Waals surface area contributed by atoms with E-state index in [2.05, 4.69) is 5.32 Å². The molecule has 0 saturated carbocycles. The Bertz CT molecular complexity index is 390. The molecule has 1 fully saturated rings. The molecule has 5 nitrogen and oxygen atoms in total. The summed E-state index contributed by atoms with van der Waals surface area (Å²) in [4.78, 5) is 21.8. The average Bonchev–Trinajstić information content (AvgIpc) is 2.98. The Kier molecular flexibility index (Phi) is 2.39. The van der Waals surface area contributed by atoms with Crippen LogP contribution >= 0.6 is 0 Å². The van der Waals surface area contributed by atoms with Crippen molar-refractivity contribution in [3.05, 3.63) is 30.3 Å². The Morgan fingerprint density at radius 3 is 2.40 bits per heavy atom. The van der Waals surface area contributed by atoms with Crippen LogP contribution in [-0.4, -0.2) is 29.2 Å². The number of hydrogen-bond acceptors (Lipinski definition) is 3. The molecule has 1 aromatic carbocycles. The molecule has 15 heavy (non-hydrogen) atoms. The Balaban J connectivity index is 1.92. The summed E-state index contributed by atoms with van der Waals surface area (Å²) in [6, 6.07) is 8.81. The number of ether oxygens (including phenoxy) is 1. The highest BCUT2D eigenvalue weighted by atomic mass is 16.6. The van der Waals surface area contributed by atoms with E-state index in [1.165, 1.54) is 0 Å². The normalized spacial score (nSPS) is 23.2. The molecule has 1 aliphatic rings. The van der Waals surface area contributed by atoms with Crippen LogP contribution in [-0.2, 0) is 14.3 Å². The Morgan fingerprint density at radius 1 is 1.20 bits per heavy atom. The molecule has 1 aromatic rings. The Labute approximate surface area is 85.7 Å². The van der Waals surface area contributed by atoms with Gasteiger partial charge in [0, 0.05) is 5.69 Å². The summed E-state index contributed by atoms with van der Waals surface area (Å²) in [5.74, 6) is -1.53. The number of amides is 1. The molecular weight excluding hydrogens is 198 g/mol. The number of rotatable bonds is 3. The third kappa shape index (κ3) is 2.13. The molecule has 2 atom stereocenters. The second kappa shape index (κ2) is 3.70. The molecule has 1 saturated heterocycles. The number of anilines is 1. The first kappa shape index (κ1) is 9.67. The highest BCUT2D eigenvalue weighted by Crippen LogP contribution is 2.23. The quantitative estimate of drug-likeness (QED) is 0.706. The van der Waals surface area contributed by atoms with E-state index in [1.807, 2.05) is 6.07 Å². The number of carbonyl (C=O) groups excluding carboxylic acids is 1. The van der Waals surface area contributed by atoms with Gasteiger partial charge in [-0.05, 0) is 12.1 Å². The Hall–Kier alpha value is -1.88. The molecule has 2 N–H and O–H groups in total. The van der Waals surface area contributed by atoms with Crippen LogP contribution in [0.4, 0.5) is 5.69 Å². The van der Waals surface area contributed by atoms with Crippen molar-refractivity contribution in [3.8, 4) is 0 Å². The summed E-state index contributed by atoms with van der Waals surface area (Å²) in [5, 5.41) is 11.1. The number of carbonyl (C=O) groups is 2. The van der Waals surface area contributed by atoms with Gasteiger partial charge in [-0.15, -0.1) is 0 Å². The second-order valence-corrected chi connectivity index (χ2v) is 3.17. The first-order valence-corrected chi connectivity index (χ1v) is 4.42. The van der Waals surface area contributed by atoms with Crippen LogP contribution in [0.3, 0.4) is 0 Å². The monoisotopic (exact) mass is 207 g/mol. The minimum absolute atomic E-state index is 0.423. The zero-order chi connectivity index (χ0) is 10.8. The number of nitrogens with one attached hydrogen (secondary N) is 1. The van der Waals surface area contributed by atoms with Crippen molar-refractivity contribution in [2.24, 2.45) is 0 Å². The van der Waals surface area contributed by atoms with Gasteiger partial charge in [0.15, 0.2) is 12.2 Å². The molecular formula is C10H9NO4. The van der Waals surface area contributed by atoms with Crippen molar-refractivity contribution < 1.29 is 19.4 Å². The number of para-hydroxylation sites is 1. The third-order valence-electron chi connectivity index (χ3n) is 2.03. The number of hydrogen-bond donors (Lipinski definition) is 2. The molecule has 0 aliphatic carbocycles. The van der Waals surface area contributed by atoms with Crippen molar-refractivity contribution in [2.45, 2.75) is 12.2 Å². The number of epoxide rings is 1. The number of aliphatic carboxylic acids is 1.